The summed E-state index contributed by atoms with van der Waals surface area (Å²) in [4.78, 5) is 10.9. The number of benzene rings is 1. The zero-order valence-corrected chi connectivity index (χ0v) is 11.4. The second-order valence-electron chi connectivity index (χ2n) is 4.15. The molecule has 1 amide bonds. The maximum atomic E-state index is 10.9. The summed E-state index contributed by atoms with van der Waals surface area (Å²) in [5.41, 5.74) is 0.869. The first-order chi connectivity index (χ1) is 9.72. The number of carbonyl (C=O) groups is 1. The number of carbonyl (C=O) groups excluding carboxylic acids is 1. The van der Waals surface area contributed by atoms with Crippen molar-refractivity contribution in [3.05, 3.63) is 30.0 Å². The van der Waals surface area contributed by atoms with Gasteiger partial charge in [0.2, 0.25) is 0 Å². The number of hydrogen-bond donors (Lipinski definition) is 1. The van der Waals surface area contributed by atoms with Gasteiger partial charge in [-0.2, -0.15) is 0 Å². The molecule has 1 aliphatic heterocycles. The van der Waals surface area contributed by atoms with E-state index in [0.29, 0.717) is 18.1 Å². The summed E-state index contributed by atoms with van der Waals surface area (Å²) >= 11 is 0. The lowest BCUT2D eigenvalue weighted by Gasteiger charge is -2.10. The Morgan fingerprint density at radius 1 is 1.45 bits per heavy atom. The molecule has 1 aromatic carbocycles. The Morgan fingerprint density at radius 2 is 2.25 bits per heavy atom. The summed E-state index contributed by atoms with van der Waals surface area (Å²) in [6.45, 7) is 1.28. The van der Waals surface area contributed by atoms with Crippen LogP contribution in [0.1, 0.15) is 5.56 Å². The number of hydrogen-bond acceptors (Lipinski definition) is 5. The fraction of sp³-hybridized carbons (Fsp3) is 0.357. The maximum Gasteiger partial charge on any atom is 0.410 e. The van der Waals surface area contributed by atoms with Crippen molar-refractivity contribution in [2.45, 2.75) is 6.10 Å². The number of alkyl carbamates (subject to hydrolysis) is 1. The number of epoxide rings is 1. The highest BCUT2D eigenvalue weighted by molar-refractivity contribution is 5.69. The zero-order valence-electron chi connectivity index (χ0n) is 11.4. The lowest BCUT2D eigenvalue weighted by atomic mass is 10.2. The van der Waals surface area contributed by atoms with Crippen molar-refractivity contribution >= 4 is 12.2 Å². The highest BCUT2D eigenvalue weighted by Gasteiger charge is 2.23. The van der Waals surface area contributed by atoms with Crippen molar-refractivity contribution in [3.8, 4) is 11.5 Å². The Hall–Kier alpha value is -2.21. The number of ether oxygens (including phenoxy) is 4. The quantitative estimate of drug-likeness (QED) is 0.804. The molecule has 0 spiro atoms. The third-order valence-electron chi connectivity index (χ3n) is 2.68. The molecule has 1 aromatic rings. The van der Waals surface area contributed by atoms with Gasteiger partial charge in [-0.25, -0.2) is 4.79 Å². The zero-order chi connectivity index (χ0) is 14.4. The molecule has 108 valence electrons. The van der Waals surface area contributed by atoms with Gasteiger partial charge >= 0.3 is 6.09 Å². The van der Waals surface area contributed by atoms with Gasteiger partial charge in [-0.1, -0.05) is 6.07 Å². The van der Waals surface area contributed by atoms with E-state index < -0.39 is 6.09 Å². The van der Waals surface area contributed by atoms with E-state index in [4.69, 9.17) is 14.2 Å². The second kappa shape index (κ2) is 6.81. The molecule has 0 aliphatic carbocycles. The summed E-state index contributed by atoms with van der Waals surface area (Å²) in [6, 6.07) is 5.50. The molecule has 1 unspecified atom stereocenters. The van der Waals surface area contributed by atoms with Crippen molar-refractivity contribution in [1.29, 1.82) is 0 Å². The van der Waals surface area contributed by atoms with E-state index in [1.54, 1.807) is 13.2 Å². The molecule has 1 N–H and O–H groups in total. The normalized spacial score (nSPS) is 16.8. The Bertz CT molecular complexity index is 496. The summed E-state index contributed by atoms with van der Waals surface area (Å²) in [7, 11) is 2.89. The summed E-state index contributed by atoms with van der Waals surface area (Å²) < 4.78 is 20.4. The van der Waals surface area contributed by atoms with Crippen LogP contribution in [0.15, 0.2) is 24.4 Å². The van der Waals surface area contributed by atoms with Crippen LogP contribution in [0.2, 0.25) is 0 Å². The number of nitrogens with one attached hydrogen (secondary N) is 1. The van der Waals surface area contributed by atoms with Crippen molar-refractivity contribution in [1.82, 2.24) is 5.32 Å². The summed E-state index contributed by atoms with van der Waals surface area (Å²) in [5.74, 6) is 1.30. The third-order valence-corrected chi connectivity index (χ3v) is 2.68. The fourth-order valence-electron chi connectivity index (χ4n) is 1.52. The molecule has 0 radical (unpaired) electrons. The van der Waals surface area contributed by atoms with Crippen LogP contribution < -0.4 is 14.8 Å². The van der Waals surface area contributed by atoms with E-state index in [1.807, 2.05) is 18.2 Å². The minimum absolute atomic E-state index is 0.198. The average molecular weight is 279 g/mol. The smallest absolute Gasteiger partial charge is 0.410 e. The van der Waals surface area contributed by atoms with E-state index in [0.717, 1.165) is 12.2 Å². The van der Waals surface area contributed by atoms with Gasteiger partial charge in [0.1, 0.15) is 12.7 Å². The lowest BCUT2D eigenvalue weighted by molar-refractivity contribution is 0.175. The number of amides is 1. The summed E-state index contributed by atoms with van der Waals surface area (Å²) in [5, 5.41) is 2.45. The molecule has 1 fully saturated rings. The molecule has 1 heterocycles. The molecule has 1 atom stereocenters. The first-order valence-corrected chi connectivity index (χ1v) is 6.16. The molecule has 2 rings (SSSR count). The van der Waals surface area contributed by atoms with Crippen LogP contribution in [0.4, 0.5) is 4.79 Å². The van der Waals surface area contributed by atoms with Gasteiger partial charge in [-0.3, -0.25) is 5.32 Å². The maximum absolute atomic E-state index is 10.9. The number of methoxy groups -OCH3 is 2. The minimum atomic E-state index is -0.516. The van der Waals surface area contributed by atoms with E-state index >= 15 is 0 Å². The molecule has 0 bridgehead atoms. The number of rotatable bonds is 6. The highest BCUT2D eigenvalue weighted by atomic mass is 16.6. The van der Waals surface area contributed by atoms with Crippen molar-refractivity contribution in [2.75, 3.05) is 27.4 Å². The van der Waals surface area contributed by atoms with Gasteiger partial charge in [0.05, 0.1) is 20.8 Å². The first-order valence-electron chi connectivity index (χ1n) is 6.16. The van der Waals surface area contributed by atoms with Crippen LogP contribution in [-0.4, -0.2) is 39.6 Å². The van der Waals surface area contributed by atoms with Gasteiger partial charge < -0.3 is 18.9 Å². The van der Waals surface area contributed by atoms with Gasteiger partial charge in [0.25, 0.3) is 0 Å². The van der Waals surface area contributed by atoms with E-state index in [-0.39, 0.29) is 6.10 Å². The minimum Gasteiger partial charge on any atom is -0.493 e. The van der Waals surface area contributed by atoms with E-state index in [1.165, 1.54) is 13.3 Å². The fourth-order valence-corrected chi connectivity index (χ4v) is 1.52. The van der Waals surface area contributed by atoms with Crippen LogP contribution >= 0.6 is 0 Å². The van der Waals surface area contributed by atoms with Gasteiger partial charge in [-0.05, 0) is 23.8 Å². The predicted molar refractivity (Wildman–Crippen MR) is 72.8 cm³/mol. The molecule has 0 saturated carbocycles. The van der Waals surface area contributed by atoms with Crippen LogP contribution in [-0.2, 0) is 9.47 Å². The molecule has 6 heteroatoms. The average Bonchev–Trinajstić information content (AvgIpc) is 3.29. The monoisotopic (exact) mass is 279 g/mol. The molecule has 0 aromatic heterocycles. The van der Waals surface area contributed by atoms with Crippen molar-refractivity contribution < 1.29 is 23.7 Å². The lowest BCUT2D eigenvalue weighted by Crippen LogP contribution is -2.15. The van der Waals surface area contributed by atoms with Crippen LogP contribution in [0, 0.1) is 0 Å². The van der Waals surface area contributed by atoms with Gasteiger partial charge in [-0.15, -0.1) is 0 Å². The molecule has 6 nitrogen and oxygen atoms in total. The molecular weight excluding hydrogens is 262 g/mol. The molecule has 1 aliphatic rings. The SMILES string of the molecule is COC(=O)NC=Cc1ccc(OCC2CO2)c(OC)c1. The summed E-state index contributed by atoms with van der Waals surface area (Å²) in [6.07, 6.45) is 2.91. The Balaban J connectivity index is 1.97. The molecule has 20 heavy (non-hydrogen) atoms. The second-order valence-corrected chi connectivity index (χ2v) is 4.15. The highest BCUT2D eigenvalue weighted by Crippen LogP contribution is 2.29. The van der Waals surface area contributed by atoms with Crippen molar-refractivity contribution in [3.63, 3.8) is 0 Å². The van der Waals surface area contributed by atoms with Gasteiger partial charge in [0, 0.05) is 6.20 Å². The van der Waals surface area contributed by atoms with Crippen LogP contribution in [0.5, 0.6) is 11.5 Å². The van der Waals surface area contributed by atoms with Crippen LogP contribution in [0.25, 0.3) is 6.08 Å². The van der Waals surface area contributed by atoms with Crippen LogP contribution in [0.3, 0.4) is 0 Å². The Kier molecular flexibility index (Phi) is 4.84. The molecular formula is C14H17NO5. The first kappa shape index (κ1) is 14.2. The molecule has 1 saturated heterocycles. The Morgan fingerprint density at radius 3 is 2.90 bits per heavy atom. The topological polar surface area (TPSA) is 69.3 Å². The van der Waals surface area contributed by atoms with Gasteiger partial charge in [0.15, 0.2) is 11.5 Å². The van der Waals surface area contributed by atoms with E-state index in [2.05, 4.69) is 10.1 Å². The third kappa shape index (κ3) is 4.17. The predicted octanol–water partition coefficient (Wildman–Crippen LogP) is 1.80. The Labute approximate surface area is 117 Å². The van der Waals surface area contributed by atoms with Crippen molar-refractivity contribution in [2.24, 2.45) is 0 Å². The largest absolute Gasteiger partial charge is 0.493 e. The van der Waals surface area contributed by atoms with E-state index in [9.17, 15) is 4.79 Å². The standard InChI is InChI=1S/C14H17NO5/c1-17-13-7-10(5-6-15-14(16)18-2)3-4-12(13)20-9-11-8-19-11/h3-7,11H,8-9H2,1-2H3,(H,15,16).